The third-order valence-electron chi connectivity index (χ3n) is 4.33. The molecule has 7 heteroatoms. The van der Waals surface area contributed by atoms with E-state index in [9.17, 15) is 4.79 Å². The normalized spacial score (nSPS) is 12.7. The zero-order valence-corrected chi connectivity index (χ0v) is 15.1. The minimum Gasteiger partial charge on any atom is -0.497 e. The monoisotopic (exact) mass is 366 g/mol. The van der Waals surface area contributed by atoms with Gasteiger partial charge in [-0.1, -0.05) is 12.1 Å². The maximum atomic E-state index is 12.6. The molecule has 0 spiro atoms. The van der Waals surface area contributed by atoms with Crippen molar-refractivity contribution in [2.75, 3.05) is 18.2 Å². The Morgan fingerprint density at radius 1 is 1.23 bits per heavy atom. The second-order valence-electron chi connectivity index (χ2n) is 6.07. The number of nitrogens with zero attached hydrogens (tertiary/aromatic N) is 2. The van der Waals surface area contributed by atoms with Gasteiger partial charge in [-0.3, -0.25) is 4.79 Å². The summed E-state index contributed by atoms with van der Waals surface area (Å²) in [6.07, 6.45) is 2.86. The lowest BCUT2D eigenvalue weighted by atomic mass is 10.0. The number of nitrogens with two attached hydrogens (primary N) is 1. The molecule has 132 valence electrons. The summed E-state index contributed by atoms with van der Waals surface area (Å²) in [5.41, 5.74) is 9.00. The number of hydrogen-bond donors (Lipinski definition) is 2. The van der Waals surface area contributed by atoms with Crippen molar-refractivity contribution in [2.24, 2.45) is 0 Å². The number of anilines is 2. The van der Waals surface area contributed by atoms with Gasteiger partial charge >= 0.3 is 0 Å². The van der Waals surface area contributed by atoms with Crippen LogP contribution in [0.4, 0.5) is 11.6 Å². The van der Waals surface area contributed by atoms with Gasteiger partial charge in [-0.25, -0.2) is 9.97 Å². The molecule has 2 aromatic heterocycles. The highest BCUT2D eigenvalue weighted by Crippen LogP contribution is 2.38. The molecule has 4 rings (SSSR count). The third-order valence-corrected chi connectivity index (χ3v) is 5.45. The minimum absolute atomic E-state index is 0.273. The van der Waals surface area contributed by atoms with Gasteiger partial charge in [0.15, 0.2) is 5.01 Å². The highest BCUT2D eigenvalue weighted by atomic mass is 32.1. The molecule has 0 saturated carbocycles. The predicted molar refractivity (Wildman–Crippen MR) is 103 cm³/mol. The summed E-state index contributed by atoms with van der Waals surface area (Å²) in [4.78, 5) is 22.3. The van der Waals surface area contributed by atoms with E-state index in [0.29, 0.717) is 16.6 Å². The Bertz CT molecular complexity index is 983. The molecule has 0 unspecified atom stereocenters. The molecular weight excluding hydrogens is 348 g/mol. The molecular formula is C19H18N4O2S. The lowest BCUT2D eigenvalue weighted by Crippen LogP contribution is -2.13. The molecule has 0 bridgehead atoms. The van der Waals surface area contributed by atoms with Crippen LogP contribution in [0.5, 0.6) is 5.75 Å². The van der Waals surface area contributed by atoms with Crippen LogP contribution in [0, 0.1) is 0 Å². The first-order chi connectivity index (χ1) is 12.6. The lowest BCUT2D eigenvalue weighted by molar-refractivity contribution is 0.102. The maximum Gasteiger partial charge on any atom is 0.285 e. The molecule has 6 nitrogen and oxygen atoms in total. The second kappa shape index (κ2) is 6.76. The van der Waals surface area contributed by atoms with Crippen molar-refractivity contribution in [3.63, 3.8) is 0 Å². The zero-order valence-electron chi connectivity index (χ0n) is 14.3. The number of methoxy groups -OCH3 is 1. The fraction of sp³-hybridized carbons (Fsp3) is 0.211. The number of carbonyl (C=O) groups is 1. The van der Waals surface area contributed by atoms with Crippen LogP contribution in [0.15, 0.2) is 36.4 Å². The lowest BCUT2D eigenvalue weighted by Gasteiger charge is -2.08. The second-order valence-corrected chi connectivity index (χ2v) is 7.07. The number of benzene rings is 1. The Balaban J connectivity index is 1.68. The van der Waals surface area contributed by atoms with E-state index in [4.69, 9.17) is 10.5 Å². The van der Waals surface area contributed by atoms with E-state index in [1.807, 2.05) is 12.1 Å². The number of pyridine rings is 1. The topological polar surface area (TPSA) is 90.1 Å². The molecule has 1 amide bonds. The van der Waals surface area contributed by atoms with E-state index >= 15 is 0 Å². The predicted octanol–water partition coefficient (Wildman–Crippen LogP) is 3.54. The van der Waals surface area contributed by atoms with E-state index in [-0.39, 0.29) is 5.91 Å². The Morgan fingerprint density at radius 2 is 2.12 bits per heavy atom. The number of amides is 1. The molecule has 2 heterocycles. The van der Waals surface area contributed by atoms with Crippen LogP contribution in [-0.2, 0) is 12.8 Å². The molecule has 0 radical (unpaired) electrons. The standard InChI is InChI=1S/C19H18N4O2S/c1-25-12-9-8-11-4-2-5-14-17(13(11)10-12)26-19(21-14)18(24)23-16-7-3-6-15(20)22-16/h3,6-10H,2,4-5H2,1H3,(H3,20,22,23,24). The molecule has 1 aliphatic rings. The number of aromatic nitrogens is 2. The number of thiazole rings is 1. The van der Waals surface area contributed by atoms with E-state index in [1.165, 1.54) is 16.9 Å². The molecule has 1 aromatic carbocycles. The average molecular weight is 366 g/mol. The molecule has 3 aromatic rings. The maximum absolute atomic E-state index is 12.6. The summed E-state index contributed by atoms with van der Waals surface area (Å²) < 4.78 is 5.37. The quantitative estimate of drug-likeness (QED) is 0.740. The van der Waals surface area contributed by atoms with Gasteiger partial charge in [-0.2, -0.15) is 0 Å². The molecule has 0 fully saturated rings. The number of hydrogen-bond acceptors (Lipinski definition) is 6. The first kappa shape index (κ1) is 16.5. The third kappa shape index (κ3) is 3.13. The van der Waals surface area contributed by atoms with Crippen LogP contribution < -0.4 is 15.8 Å². The summed E-state index contributed by atoms with van der Waals surface area (Å²) in [6.45, 7) is 0. The average Bonchev–Trinajstić information content (AvgIpc) is 2.99. The molecule has 0 atom stereocenters. The summed E-state index contributed by atoms with van der Waals surface area (Å²) in [7, 11) is 1.66. The number of ether oxygens (including phenoxy) is 1. The van der Waals surface area contributed by atoms with Crippen molar-refractivity contribution in [3.8, 4) is 16.2 Å². The van der Waals surface area contributed by atoms with Gasteiger partial charge in [0.2, 0.25) is 0 Å². The number of carbonyl (C=O) groups excluding carboxylic acids is 1. The highest BCUT2D eigenvalue weighted by Gasteiger charge is 2.22. The number of aryl methyl sites for hydroxylation is 2. The molecule has 26 heavy (non-hydrogen) atoms. The number of nitrogen functional groups attached to an aromatic ring is 1. The molecule has 1 aliphatic carbocycles. The van der Waals surface area contributed by atoms with Crippen LogP contribution in [0.3, 0.4) is 0 Å². The first-order valence-electron chi connectivity index (χ1n) is 8.35. The summed E-state index contributed by atoms with van der Waals surface area (Å²) in [6, 6.07) is 11.2. The van der Waals surface area contributed by atoms with E-state index in [2.05, 4.69) is 21.4 Å². The highest BCUT2D eigenvalue weighted by molar-refractivity contribution is 7.17. The SMILES string of the molecule is COc1ccc2c(c1)-c1sc(C(=O)Nc3cccc(N)n3)nc1CCC2. The van der Waals surface area contributed by atoms with Crippen molar-refractivity contribution in [1.82, 2.24) is 9.97 Å². The van der Waals surface area contributed by atoms with Crippen LogP contribution in [0.2, 0.25) is 0 Å². The van der Waals surface area contributed by atoms with E-state index in [1.54, 1.807) is 25.3 Å². The molecule has 3 N–H and O–H groups in total. The van der Waals surface area contributed by atoms with Gasteiger partial charge in [0, 0.05) is 5.56 Å². The van der Waals surface area contributed by atoms with E-state index < -0.39 is 0 Å². The smallest absolute Gasteiger partial charge is 0.285 e. The summed E-state index contributed by atoms with van der Waals surface area (Å²) in [5, 5.41) is 3.19. The largest absolute Gasteiger partial charge is 0.497 e. The van der Waals surface area contributed by atoms with Crippen molar-refractivity contribution in [3.05, 3.63) is 52.7 Å². The molecule has 0 aliphatic heterocycles. The van der Waals surface area contributed by atoms with Crippen molar-refractivity contribution >= 4 is 28.9 Å². The Morgan fingerprint density at radius 3 is 2.92 bits per heavy atom. The van der Waals surface area contributed by atoms with Gasteiger partial charge < -0.3 is 15.8 Å². The van der Waals surface area contributed by atoms with Gasteiger partial charge in [0.05, 0.1) is 17.7 Å². The number of rotatable bonds is 3. The first-order valence-corrected chi connectivity index (χ1v) is 9.16. The van der Waals surface area contributed by atoms with Crippen LogP contribution in [0.25, 0.3) is 10.4 Å². The molecule has 0 saturated heterocycles. The minimum atomic E-state index is -0.273. The number of fused-ring (bicyclic) bond motifs is 3. The fourth-order valence-electron chi connectivity index (χ4n) is 3.08. The Labute approximate surface area is 155 Å². The van der Waals surface area contributed by atoms with Crippen molar-refractivity contribution in [2.45, 2.75) is 19.3 Å². The fourth-order valence-corrected chi connectivity index (χ4v) is 4.14. The Hall–Kier alpha value is -2.93. The van der Waals surface area contributed by atoms with Gasteiger partial charge in [0.25, 0.3) is 5.91 Å². The Kier molecular flexibility index (Phi) is 4.30. The van der Waals surface area contributed by atoms with Crippen LogP contribution >= 0.6 is 11.3 Å². The van der Waals surface area contributed by atoms with Gasteiger partial charge in [0.1, 0.15) is 17.4 Å². The summed E-state index contributed by atoms with van der Waals surface area (Å²) in [5.74, 6) is 1.31. The summed E-state index contributed by atoms with van der Waals surface area (Å²) >= 11 is 1.40. The van der Waals surface area contributed by atoms with E-state index in [0.717, 1.165) is 41.1 Å². The van der Waals surface area contributed by atoms with Gasteiger partial charge in [-0.05, 0) is 49.1 Å². The van der Waals surface area contributed by atoms with Crippen LogP contribution in [0.1, 0.15) is 27.5 Å². The van der Waals surface area contributed by atoms with Crippen molar-refractivity contribution in [1.29, 1.82) is 0 Å². The van der Waals surface area contributed by atoms with Crippen LogP contribution in [-0.4, -0.2) is 23.0 Å². The van der Waals surface area contributed by atoms with Gasteiger partial charge in [-0.15, -0.1) is 11.3 Å². The number of nitrogens with one attached hydrogen (secondary N) is 1. The van der Waals surface area contributed by atoms with Crippen molar-refractivity contribution < 1.29 is 9.53 Å². The zero-order chi connectivity index (χ0) is 18.1.